The molecule has 1 aliphatic heterocycles. The Morgan fingerprint density at radius 1 is 1.23 bits per heavy atom. The molecule has 31 heavy (non-hydrogen) atoms. The molecule has 0 saturated carbocycles. The van der Waals surface area contributed by atoms with Gasteiger partial charge < -0.3 is 19.3 Å². The van der Waals surface area contributed by atoms with Crippen molar-refractivity contribution in [2.24, 2.45) is 0 Å². The van der Waals surface area contributed by atoms with Crippen LogP contribution in [0.1, 0.15) is 19.9 Å². The first-order valence-electron chi connectivity index (χ1n) is 8.93. The summed E-state index contributed by atoms with van der Waals surface area (Å²) in [4.78, 5) is 22.8. The molecule has 1 aliphatic rings. The molecule has 1 fully saturated rings. The number of rotatable bonds is 5. The minimum absolute atomic E-state index is 0.0271. The van der Waals surface area contributed by atoms with Gasteiger partial charge in [0.25, 0.3) is 0 Å². The molecular weight excluding hydrogens is 491 g/mol. The van der Waals surface area contributed by atoms with Crippen LogP contribution in [0.4, 0.5) is 13.2 Å². The van der Waals surface area contributed by atoms with Crippen molar-refractivity contribution in [2.75, 3.05) is 6.61 Å². The number of aliphatic hydroxyl groups excluding tert-OH is 1. The van der Waals surface area contributed by atoms with E-state index in [1.807, 2.05) is 0 Å². The molecular formula is C18H17BrF3N3O6. The monoisotopic (exact) mass is 507 g/mol. The first-order chi connectivity index (χ1) is 14.6. The fourth-order valence-electron chi connectivity index (χ4n) is 3.13. The summed E-state index contributed by atoms with van der Waals surface area (Å²) in [5.41, 5.74) is -0.124. The maximum atomic E-state index is 13.6. The Hall–Kier alpha value is -2.51. The molecule has 5 atom stereocenters. The van der Waals surface area contributed by atoms with Crippen molar-refractivity contribution in [1.82, 2.24) is 15.0 Å². The number of halogens is 4. The maximum absolute atomic E-state index is 13.6. The maximum Gasteiger partial charge on any atom is 0.303 e. The predicted molar refractivity (Wildman–Crippen MR) is 100 cm³/mol. The van der Waals surface area contributed by atoms with Gasteiger partial charge in [0.05, 0.1) is 6.20 Å². The number of alkyl halides is 1. The summed E-state index contributed by atoms with van der Waals surface area (Å²) in [6.07, 6.45) is -2.20. The van der Waals surface area contributed by atoms with Crippen LogP contribution in [0.15, 0.2) is 18.3 Å². The van der Waals surface area contributed by atoms with Gasteiger partial charge in [0.1, 0.15) is 35.6 Å². The predicted octanol–water partition coefficient (Wildman–Crippen LogP) is 1.88. The first-order valence-corrected chi connectivity index (χ1v) is 9.85. The van der Waals surface area contributed by atoms with Gasteiger partial charge in [-0.05, 0) is 12.1 Å². The molecule has 0 bridgehead atoms. The lowest BCUT2D eigenvalue weighted by Crippen LogP contribution is -2.56. The topological polar surface area (TPSA) is 113 Å². The Morgan fingerprint density at radius 3 is 2.45 bits per heavy atom. The molecule has 2 heterocycles. The number of carbonyl (C=O) groups is 2. The molecule has 0 aliphatic carbocycles. The summed E-state index contributed by atoms with van der Waals surface area (Å²) in [5.74, 6) is -5.73. The van der Waals surface area contributed by atoms with Crippen LogP contribution < -0.4 is 0 Å². The average molecular weight is 508 g/mol. The quantitative estimate of drug-likeness (QED) is 0.370. The van der Waals surface area contributed by atoms with Crippen LogP contribution in [0.25, 0.3) is 11.3 Å². The fourth-order valence-corrected chi connectivity index (χ4v) is 3.72. The summed E-state index contributed by atoms with van der Waals surface area (Å²) < 4.78 is 57.3. The number of carbonyl (C=O) groups excluding carboxylic acids is 2. The van der Waals surface area contributed by atoms with E-state index < -0.39 is 58.8 Å². The number of hydrogen-bond acceptors (Lipinski definition) is 8. The van der Waals surface area contributed by atoms with E-state index in [4.69, 9.17) is 14.2 Å². The van der Waals surface area contributed by atoms with E-state index in [1.54, 1.807) is 0 Å². The summed E-state index contributed by atoms with van der Waals surface area (Å²) >= 11 is 3.16. The van der Waals surface area contributed by atoms with Crippen molar-refractivity contribution in [2.45, 2.75) is 43.2 Å². The minimum atomic E-state index is -1.62. The third-order valence-electron chi connectivity index (χ3n) is 4.47. The molecule has 2 aromatic rings. The number of esters is 2. The Morgan fingerprint density at radius 2 is 1.87 bits per heavy atom. The van der Waals surface area contributed by atoms with Crippen LogP contribution in [0.2, 0.25) is 0 Å². The number of nitrogens with zero attached hydrogens (tertiary/aromatic N) is 3. The van der Waals surface area contributed by atoms with Gasteiger partial charge in [0, 0.05) is 19.4 Å². The largest absolute Gasteiger partial charge is 0.463 e. The molecule has 3 rings (SSSR count). The third-order valence-corrected chi connectivity index (χ3v) is 5.23. The fraction of sp³-hybridized carbons (Fsp3) is 0.444. The van der Waals surface area contributed by atoms with Crippen molar-refractivity contribution in [3.05, 3.63) is 35.8 Å². The molecule has 13 heteroatoms. The Bertz CT molecular complexity index is 967. The molecule has 1 saturated heterocycles. The molecule has 1 aromatic carbocycles. The molecule has 9 nitrogen and oxygen atoms in total. The van der Waals surface area contributed by atoms with E-state index in [0.717, 1.165) is 23.7 Å². The van der Waals surface area contributed by atoms with E-state index in [-0.39, 0.29) is 17.9 Å². The summed E-state index contributed by atoms with van der Waals surface area (Å²) in [6, 6.07) is 0.417. The third kappa shape index (κ3) is 5.05. The highest BCUT2D eigenvalue weighted by atomic mass is 79.9. The van der Waals surface area contributed by atoms with Crippen molar-refractivity contribution >= 4 is 27.9 Å². The summed E-state index contributed by atoms with van der Waals surface area (Å²) in [5, 5.41) is 17.4. The van der Waals surface area contributed by atoms with Gasteiger partial charge in [-0.15, -0.1) is 5.10 Å². The average Bonchev–Trinajstić information content (AvgIpc) is 3.16. The second-order valence-electron chi connectivity index (χ2n) is 6.72. The normalized spacial score (nSPS) is 25.8. The van der Waals surface area contributed by atoms with Crippen LogP contribution in [-0.4, -0.2) is 62.0 Å². The SMILES string of the molecule is CC(=O)OC[C@H]1O[C@H](Br)[C@H](O)[C@@H](n2cc(-c3cc(F)c(F)c(F)c3)nn2)[C@H]1OC(C)=O. The lowest BCUT2D eigenvalue weighted by molar-refractivity contribution is -0.202. The van der Waals surface area contributed by atoms with Gasteiger partial charge in [-0.25, -0.2) is 17.9 Å². The first kappa shape index (κ1) is 23.2. The molecule has 0 radical (unpaired) electrons. The van der Waals surface area contributed by atoms with Gasteiger partial charge >= 0.3 is 11.9 Å². The second kappa shape index (κ2) is 9.32. The van der Waals surface area contributed by atoms with Crippen molar-refractivity contribution < 1.29 is 42.1 Å². The van der Waals surface area contributed by atoms with E-state index in [9.17, 15) is 27.9 Å². The molecule has 0 unspecified atom stereocenters. The Labute approximate surface area is 182 Å². The van der Waals surface area contributed by atoms with Crippen molar-refractivity contribution in [3.8, 4) is 11.3 Å². The number of hydrogen-bond donors (Lipinski definition) is 1. The molecule has 1 N–H and O–H groups in total. The number of ether oxygens (including phenoxy) is 3. The van der Waals surface area contributed by atoms with E-state index in [1.165, 1.54) is 13.1 Å². The van der Waals surface area contributed by atoms with Gasteiger partial charge in [-0.3, -0.25) is 9.59 Å². The lowest BCUT2D eigenvalue weighted by atomic mass is 9.97. The highest BCUT2D eigenvalue weighted by molar-refractivity contribution is 9.09. The summed E-state index contributed by atoms with van der Waals surface area (Å²) in [6.45, 7) is 2.05. The van der Waals surface area contributed by atoms with Gasteiger partial charge in [-0.2, -0.15) is 0 Å². The molecule has 1 aromatic heterocycles. The van der Waals surface area contributed by atoms with Crippen LogP contribution in [0, 0.1) is 17.5 Å². The standard InChI is InChI=1S/C18H17BrF3N3O6/c1-7(26)29-6-13-17(30-8(2)27)15(16(28)18(19)31-13)25-5-12(23-24-25)9-3-10(20)14(22)11(21)4-9/h3-5,13,15-18,28H,6H2,1-2H3/t13-,15-,16-,17+,18+/m1/s1. The van der Waals surface area contributed by atoms with E-state index in [2.05, 4.69) is 26.2 Å². The van der Waals surface area contributed by atoms with Crippen molar-refractivity contribution in [3.63, 3.8) is 0 Å². The highest BCUT2D eigenvalue weighted by Crippen LogP contribution is 2.35. The van der Waals surface area contributed by atoms with Crippen LogP contribution >= 0.6 is 15.9 Å². The summed E-state index contributed by atoms with van der Waals surface area (Å²) in [7, 11) is 0. The zero-order valence-corrected chi connectivity index (χ0v) is 17.8. The minimum Gasteiger partial charge on any atom is -0.463 e. The Kier molecular flexibility index (Phi) is 6.96. The highest BCUT2D eigenvalue weighted by Gasteiger charge is 2.48. The number of benzene rings is 1. The smallest absolute Gasteiger partial charge is 0.303 e. The number of aromatic nitrogens is 3. The van der Waals surface area contributed by atoms with E-state index >= 15 is 0 Å². The van der Waals surface area contributed by atoms with Crippen LogP contribution in [0.3, 0.4) is 0 Å². The van der Waals surface area contributed by atoms with Crippen LogP contribution in [-0.2, 0) is 23.8 Å². The number of aliphatic hydroxyl groups is 1. The lowest BCUT2D eigenvalue weighted by Gasteiger charge is -2.41. The van der Waals surface area contributed by atoms with Gasteiger partial charge in [0.2, 0.25) is 0 Å². The second-order valence-corrected chi connectivity index (χ2v) is 7.62. The zero-order valence-electron chi connectivity index (χ0n) is 16.2. The van der Waals surface area contributed by atoms with Crippen molar-refractivity contribution in [1.29, 1.82) is 0 Å². The van der Waals surface area contributed by atoms with E-state index in [0.29, 0.717) is 0 Å². The van der Waals surface area contributed by atoms with Gasteiger partial charge in [0.15, 0.2) is 23.6 Å². The molecule has 0 spiro atoms. The van der Waals surface area contributed by atoms with Gasteiger partial charge in [-0.1, -0.05) is 21.1 Å². The van der Waals surface area contributed by atoms with Crippen LogP contribution in [0.5, 0.6) is 0 Å². The zero-order chi connectivity index (χ0) is 22.9. The molecule has 168 valence electrons. The Balaban J connectivity index is 1.97. The molecule has 0 amide bonds.